The third-order valence-corrected chi connectivity index (χ3v) is 2.40. The van der Waals surface area contributed by atoms with Crippen LogP contribution in [-0.2, 0) is 13.6 Å². The van der Waals surface area contributed by atoms with Gasteiger partial charge in [0.15, 0.2) is 0 Å². The molecule has 0 fully saturated rings. The lowest BCUT2D eigenvalue weighted by Gasteiger charge is -2.07. The summed E-state index contributed by atoms with van der Waals surface area (Å²) in [6.45, 7) is 2.80. The molecule has 0 aromatic carbocycles. The van der Waals surface area contributed by atoms with Crippen LogP contribution in [0.3, 0.4) is 0 Å². The molecule has 0 aliphatic heterocycles. The zero-order valence-corrected chi connectivity index (χ0v) is 8.83. The summed E-state index contributed by atoms with van der Waals surface area (Å²) < 4.78 is 3.58. The first-order valence-corrected chi connectivity index (χ1v) is 4.90. The van der Waals surface area contributed by atoms with E-state index < -0.39 is 6.10 Å². The summed E-state index contributed by atoms with van der Waals surface area (Å²) in [5.41, 5.74) is 0.770. The van der Waals surface area contributed by atoms with Crippen LogP contribution in [-0.4, -0.2) is 24.4 Å². The quantitative estimate of drug-likeness (QED) is 0.805. The van der Waals surface area contributed by atoms with Crippen LogP contribution in [0.2, 0.25) is 0 Å². The molecule has 0 aliphatic carbocycles. The molecule has 1 atom stereocenters. The van der Waals surface area contributed by atoms with Crippen molar-refractivity contribution < 1.29 is 5.11 Å². The Hall–Kier alpha value is -1.62. The maximum Gasteiger partial charge on any atom is 0.142 e. The maximum atomic E-state index is 10.0. The first kappa shape index (κ1) is 9.92. The van der Waals surface area contributed by atoms with Crippen LogP contribution in [0.25, 0.3) is 0 Å². The average Bonchev–Trinajstić information content (AvgIpc) is 2.84. The highest BCUT2D eigenvalue weighted by molar-refractivity contribution is 5.17. The smallest absolute Gasteiger partial charge is 0.142 e. The third-order valence-electron chi connectivity index (χ3n) is 2.40. The molecule has 0 saturated carbocycles. The monoisotopic (exact) mass is 206 g/mol. The molecule has 2 aromatic rings. The topological polar surface area (TPSA) is 55.9 Å². The lowest BCUT2D eigenvalue weighted by molar-refractivity contribution is 0.206. The van der Waals surface area contributed by atoms with Crippen LogP contribution < -0.4 is 0 Å². The van der Waals surface area contributed by atoms with Crippen molar-refractivity contribution in [2.75, 3.05) is 0 Å². The Bertz CT molecular complexity index is 446. The summed E-state index contributed by atoms with van der Waals surface area (Å²) in [5.74, 6) is 0.630. The van der Waals surface area contributed by atoms with Crippen molar-refractivity contribution in [3.63, 3.8) is 0 Å². The number of rotatable bonds is 3. The summed E-state index contributed by atoms with van der Waals surface area (Å²) in [4.78, 5) is 4.10. The molecule has 5 nitrogen and oxygen atoms in total. The van der Waals surface area contributed by atoms with Gasteiger partial charge in [0.25, 0.3) is 0 Å². The molecule has 1 N–H and O–H groups in total. The fourth-order valence-corrected chi connectivity index (χ4v) is 1.48. The van der Waals surface area contributed by atoms with E-state index in [4.69, 9.17) is 0 Å². The van der Waals surface area contributed by atoms with Gasteiger partial charge in [-0.3, -0.25) is 4.68 Å². The molecule has 5 heteroatoms. The van der Waals surface area contributed by atoms with Gasteiger partial charge in [-0.05, 0) is 6.92 Å². The number of aliphatic hydroxyl groups is 1. The van der Waals surface area contributed by atoms with Crippen molar-refractivity contribution in [3.8, 4) is 0 Å². The van der Waals surface area contributed by atoms with Crippen LogP contribution in [0, 0.1) is 0 Å². The third kappa shape index (κ3) is 1.78. The van der Waals surface area contributed by atoms with Gasteiger partial charge in [0.1, 0.15) is 11.9 Å². The molecule has 0 radical (unpaired) electrons. The minimum atomic E-state index is -0.703. The van der Waals surface area contributed by atoms with E-state index in [1.165, 1.54) is 0 Å². The van der Waals surface area contributed by atoms with E-state index in [0.717, 1.165) is 12.1 Å². The molecule has 0 amide bonds. The number of nitrogens with zero attached hydrogens (tertiary/aromatic N) is 4. The zero-order chi connectivity index (χ0) is 10.8. The summed E-state index contributed by atoms with van der Waals surface area (Å²) in [7, 11) is 1.86. The van der Waals surface area contributed by atoms with Crippen LogP contribution in [0.15, 0.2) is 24.8 Å². The van der Waals surface area contributed by atoms with E-state index in [0.29, 0.717) is 5.82 Å². The van der Waals surface area contributed by atoms with E-state index >= 15 is 0 Å². The van der Waals surface area contributed by atoms with Gasteiger partial charge in [-0.1, -0.05) is 0 Å². The molecule has 0 aliphatic rings. The van der Waals surface area contributed by atoms with Crippen molar-refractivity contribution in [1.29, 1.82) is 0 Å². The minimum Gasteiger partial charge on any atom is -0.380 e. The van der Waals surface area contributed by atoms with Crippen LogP contribution >= 0.6 is 0 Å². The van der Waals surface area contributed by atoms with Gasteiger partial charge in [-0.25, -0.2) is 4.98 Å². The Kier molecular flexibility index (Phi) is 2.55. The Morgan fingerprint density at radius 2 is 2.33 bits per heavy atom. The number of hydrogen-bond acceptors (Lipinski definition) is 3. The van der Waals surface area contributed by atoms with Gasteiger partial charge in [0.2, 0.25) is 0 Å². The van der Waals surface area contributed by atoms with Crippen molar-refractivity contribution in [2.45, 2.75) is 19.6 Å². The standard InChI is InChI=1S/C10H14N4O/c1-3-14-7-8(6-12-14)9(15)10-11-4-5-13(10)2/h4-7,9,15H,3H2,1-2H3. The first-order chi connectivity index (χ1) is 7.22. The Labute approximate surface area is 88.0 Å². The molecule has 80 valence electrons. The Morgan fingerprint density at radius 1 is 1.53 bits per heavy atom. The van der Waals surface area contributed by atoms with Crippen molar-refractivity contribution in [3.05, 3.63) is 36.2 Å². The molecule has 2 rings (SSSR count). The Morgan fingerprint density at radius 3 is 2.87 bits per heavy atom. The van der Waals surface area contributed by atoms with Crippen molar-refractivity contribution >= 4 is 0 Å². The van der Waals surface area contributed by atoms with Crippen LogP contribution in [0.5, 0.6) is 0 Å². The van der Waals surface area contributed by atoms with E-state index in [1.807, 2.05) is 26.4 Å². The Balaban J connectivity index is 2.28. The largest absolute Gasteiger partial charge is 0.380 e. The zero-order valence-electron chi connectivity index (χ0n) is 8.83. The van der Waals surface area contributed by atoms with Gasteiger partial charge in [-0.2, -0.15) is 5.10 Å². The molecular weight excluding hydrogens is 192 g/mol. The lowest BCUT2D eigenvalue weighted by atomic mass is 10.2. The molecule has 1 unspecified atom stereocenters. The number of hydrogen-bond donors (Lipinski definition) is 1. The van der Waals surface area contributed by atoms with Crippen LogP contribution in [0.4, 0.5) is 0 Å². The predicted octanol–water partition coefficient (Wildman–Crippen LogP) is 0.718. The molecule has 0 spiro atoms. The van der Waals surface area contributed by atoms with Gasteiger partial charge < -0.3 is 9.67 Å². The second-order valence-corrected chi connectivity index (χ2v) is 3.43. The van der Waals surface area contributed by atoms with Gasteiger partial charge in [0.05, 0.1) is 6.20 Å². The number of aromatic nitrogens is 4. The van der Waals surface area contributed by atoms with E-state index in [2.05, 4.69) is 10.1 Å². The van der Waals surface area contributed by atoms with Crippen LogP contribution in [0.1, 0.15) is 24.4 Å². The minimum absolute atomic E-state index is 0.630. The highest BCUT2D eigenvalue weighted by atomic mass is 16.3. The number of aliphatic hydroxyl groups excluding tert-OH is 1. The maximum absolute atomic E-state index is 10.0. The van der Waals surface area contributed by atoms with Gasteiger partial charge >= 0.3 is 0 Å². The number of imidazole rings is 1. The summed E-state index contributed by atoms with van der Waals surface area (Å²) in [5, 5.41) is 14.1. The normalized spacial score (nSPS) is 13.0. The molecule has 0 bridgehead atoms. The number of aryl methyl sites for hydroxylation is 2. The summed E-state index contributed by atoms with van der Waals surface area (Å²) in [6, 6.07) is 0. The molecular formula is C10H14N4O. The van der Waals surface area contributed by atoms with Gasteiger partial charge in [-0.15, -0.1) is 0 Å². The molecule has 15 heavy (non-hydrogen) atoms. The predicted molar refractivity (Wildman–Crippen MR) is 55.2 cm³/mol. The summed E-state index contributed by atoms with van der Waals surface area (Å²) in [6.07, 6.45) is 6.28. The fraction of sp³-hybridized carbons (Fsp3) is 0.400. The van der Waals surface area contributed by atoms with Gasteiger partial charge in [0, 0.05) is 37.7 Å². The highest BCUT2D eigenvalue weighted by Gasteiger charge is 2.16. The molecule has 0 saturated heterocycles. The van der Waals surface area contributed by atoms with E-state index in [1.54, 1.807) is 21.6 Å². The first-order valence-electron chi connectivity index (χ1n) is 4.90. The fourth-order valence-electron chi connectivity index (χ4n) is 1.48. The second-order valence-electron chi connectivity index (χ2n) is 3.43. The highest BCUT2D eigenvalue weighted by Crippen LogP contribution is 2.18. The lowest BCUT2D eigenvalue weighted by Crippen LogP contribution is -2.06. The SMILES string of the molecule is CCn1cc(C(O)c2nccn2C)cn1. The second kappa shape index (κ2) is 3.86. The van der Waals surface area contributed by atoms with E-state index in [-0.39, 0.29) is 0 Å². The van der Waals surface area contributed by atoms with Crippen molar-refractivity contribution in [1.82, 2.24) is 19.3 Å². The average molecular weight is 206 g/mol. The molecule has 2 heterocycles. The van der Waals surface area contributed by atoms with E-state index in [9.17, 15) is 5.11 Å². The molecule has 2 aromatic heterocycles. The summed E-state index contributed by atoms with van der Waals surface area (Å²) >= 11 is 0. The van der Waals surface area contributed by atoms with Crippen molar-refractivity contribution in [2.24, 2.45) is 7.05 Å².